The lowest BCUT2D eigenvalue weighted by molar-refractivity contribution is -0.137. The molecule has 0 unspecified atom stereocenters. The quantitative estimate of drug-likeness (QED) is 0.577. The van der Waals surface area contributed by atoms with E-state index >= 15 is 0 Å². The molecule has 1 amide bonds. The van der Waals surface area contributed by atoms with Crippen LogP contribution in [0.1, 0.15) is 6.42 Å². The maximum absolute atomic E-state index is 10.9. The van der Waals surface area contributed by atoms with Crippen LogP contribution in [0.25, 0.3) is 0 Å². The van der Waals surface area contributed by atoms with Crippen molar-refractivity contribution in [3.63, 3.8) is 0 Å². The van der Waals surface area contributed by atoms with Gasteiger partial charge in [0.2, 0.25) is 5.91 Å². The molecule has 2 aliphatic rings. The summed E-state index contributed by atoms with van der Waals surface area (Å²) in [4.78, 5) is 12.6. The number of nitrogens with zero attached hydrogens (tertiary/aromatic N) is 1. The molecule has 2 heterocycles. The minimum atomic E-state index is 0.245. The van der Waals surface area contributed by atoms with E-state index in [4.69, 9.17) is 0 Å². The highest BCUT2D eigenvalue weighted by Gasteiger charge is 2.37. The molecular formula is C6H6BrNOS. The van der Waals surface area contributed by atoms with Crippen LogP contribution >= 0.6 is 27.7 Å². The summed E-state index contributed by atoms with van der Waals surface area (Å²) < 4.78 is 1.11. The van der Waals surface area contributed by atoms with Gasteiger partial charge >= 0.3 is 0 Å². The van der Waals surface area contributed by atoms with Crippen LogP contribution in [0.4, 0.5) is 0 Å². The van der Waals surface area contributed by atoms with Crippen LogP contribution in [-0.4, -0.2) is 21.9 Å². The molecule has 4 heteroatoms. The number of carbonyl (C=O) groups excluding carboxylic acids is 1. The second-order valence-electron chi connectivity index (χ2n) is 2.35. The van der Waals surface area contributed by atoms with Gasteiger partial charge in [-0.1, -0.05) is 15.9 Å². The van der Waals surface area contributed by atoms with E-state index in [-0.39, 0.29) is 5.91 Å². The number of hydrogen-bond acceptors (Lipinski definition) is 2. The zero-order chi connectivity index (χ0) is 7.14. The predicted molar refractivity (Wildman–Crippen MR) is 44.7 cm³/mol. The van der Waals surface area contributed by atoms with Gasteiger partial charge in [0, 0.05) is 16.4 Å². The monoisotopic (exact) mass is 219 g/mol. The molecular weight excluding hydrogens is 214 g/mol. The highest BCUT2D eigenvalue weighted by molar-refractivity contribution is 9.11. The average Bonchev–Trinajstić information content (AvgIpc) is 1.92. The molecule has 0 aromatic rings. The number of fused-ring (bicyclic) bond motifs is 1. The molecule has 0 radical (unpaired) electrons. The number of halogens is 1. The third-order valence-corrected chi connectivity index (χ3v) is 3.75. The fourth-order valence-corrected chi connectivity index (χ4v) is 2.70. The first-order valence-corrected chi connectivity index (χ1v) is 4.90. The molecule has 0 aromatic heterocycles. The Bertz CT molecular complexity index is 216. The van der Waals surface area contributed by atoms with Crippen molar-refractivity contribution in [3.05, 3.63) is 10.7 Å². The normalized spacial score (nSPS) is 30.9. The van der Waals surface area contributed by atoms with Gasteiger partial charge in [-0.25, -0.2) is 0 Å². The lowest BCUT2D eigenvalue weighted by Crippen LogP contribution is -2.48. The molecule has 1 atom stereocenters. The van der Waals surface area contributed by atoms with Gasteiger partial charge < -0.3 is 4.90 Å². The molecule has 2 rings (SSSR count). The Balaban J connectivity index is 2.18. The average molecular weight is 220 g/mol. The van der Waals surface area contributed by atoms with Gasteiger partial charge in [-0.2, -0.15) is 0 Å². The summed E-state index contributed by atoms with van der Waals surface area (Å²) in [6.07, 6.45) is 2.62. The van der Waals surface area contributed by atoms with Crippen molar-refractivity contribution in [1.29, 1.82) is 0 Å². The Morgan fingerprint density at radius 1 is 1.80 bits per heavy atom. The number of β-lactam (4-membered cyclic amide) rings is 1. The second kappa shape index (κ2) is 2.27. The van der Waals surface area contributed by atoms with Gasteiger partial charge in [0.15, 0.2) is 0 Å². The minimum Gasteiger partial charge on any atom is -0.305 e. The van der Waals surface area contributed by atoms with E-state index in [0.29, 0.717) is 5.37 Å². The van der Waals surface area contributed by atoms with Crippen LogP contribution in [0.2, 0.25) is 0 Å². The van der Waals surface area contributed by atoms with E-state index < -0.39 is 0 Å². The minimum absolute atomic E-state index is 0.245. The summed E-state index contributed by atoms with van der Waals surface area (Å²) in [5, 5.41) is 0.439. The largest absolute Gasteiger partial charge is 0.305 e. The van der Waals surface area contributed by atoms with E-state index in [1.54, 1.807) is 4.90 Å². The van der Waals surface area contributed by atoms with Crippen LogP contribution < -0.4 is 0 Å². The van der Waals surface area contributed by atoms with Crippen LogP contribution in [0.5, 0.6) is 0 Å². The fraction of sp³-hybridized carbons (Fsp3) is 0.500. The van der Waals surface area contributed by atoms with Crippen LogP contribution in [0, 0.1) is 0 Å². The molecule has 2 nitrogen and oxygen atoms in total. The number of thioether (sulfide) groups is 1. The molecule has 54 valence electrons. The summed E-state index contributed by atoms with van der Waals surface area (Å²) in [5.74, 6) is 1.25. The van der Waals surface area contributed by atoms with Gasteiger partial charge in [-0.05, 0) is 0 Å². The van der Waals surface area contributed by atoms with Crippen molar-refractivity contribution in [3.8, 4) is 0 Å². The Morgan fingerprint density at radius 3 is 3.20 bits per heavy atom. The maximum atomic E-state index is 10.9. The van der Waals surface area contributed by atoms with Crippen molar-refractivity contribution >= 4 is 33.6 Å². The molecule has 0 spiro atoms. The lowest BCUT2D eigenvalue weighted by Gasteiger charge is -2.40. The number of carbonyl (C=O) groups is 1. The highest BCUT2D eigenvalue weighted by Crippen LogP contribution is 2.36. The fourth-order valence-electron chi connectivity index (χ4n) is 1.06. The topological polar surface area (TPSA) is 20.3 Å². The van der Waals surface area contributed by atoms with Gasteiger partial charge in [0.1, 0.15) is 0 Å². The molecule has 0 aromatic carbocycles. The molecule has 0 bridgehead atoms. The summed E-state index contributed by atoms with van der Waals surface area (Å²) in [6, 6.07) is 0. The van der Waals surface area contributed by atoms with Gasteiger partial charge in [-0.15, -0.1) is 11.8 Å². The van der Waals surface area contributed by atoms with E-state index in [1.807, 2.05) is 18.0 Å². The Labute approximate surface area is 71.8 Å². The third-order valence-electron chi connectivity index (χ3n) is 1.64. The molecule has 0 saturated carbocycles. The molecule has 1 saturated heterocycles. The molecule has 0 aliphatic carbocycles. The second-order valence-corrected chi connectivity index (χ2v) is 4.53. The predicted octanol–water partition coefficient (Wildman–Crippen LogP) is 1.53. The summed E-state index contributed by atoms with van der Waals surface area (Å²) in [6.45, 7) is 0. The van der Waals surface area contributed by atoms with Crippen molar-refractivity contribution in [2.45, 2.75) is 11.8 Å². The van der Waals surface area contributed by atoms with Crippen LogP contribution in [-0.2, 0) is 4.79 Å². The van der Waals surface area contributed by atoms with Crippen molar-refractivity contribution in [2.75, 3.05) is 5.75 Å². The standard InChI is InChI=1S/C6H6BrNOS/c7-4-2-8-5(9)1-6(8)10-3-4/h2,6H,1,3H2/t6-/m1/s1. The van der Waals surface area contributed by atoms with Gasteiger partial charge in [-0.3, -0.25) is 4.79 Å². The SMILES string of the molecule is O=C1C[C@H]2SCC(Br)=CN12. The first-order chi connectivity index (χ1) is 4.77. The molecule has 0 N–H and O–H groups in total. The summed E-state index contributed by atoms with van der Waals surface area (Å²) in [5.41, 5.74) is 0. The van der Waals surface area contributed by atoms with Crippen molar-refractivity contribution in [1.82, 2.24) is 4.90 Å². The van der Waals surface area contributed by atoms with E-state index in [1.165, 1.54) is 0 Å². The van der Waals surface area contributed by atoms with Crippen LogP contribution in [0.3, 0.4) is 0 Å². The number of rotatable bonds is 0. The zero-order valence-corrected chi connectivity index (χ0v) is 7.61. The maximum Gasteiger partial charge on any atom is 0.230 e. The van der Waals surface area contributed by atoms with E-state index in [2.05, 4.69) is 15.9 Å². The summed E-state index contributed by atoms with van der Waals surface area (Å²) >= 11 is 5.18. The van der Waals surface area contributed by atoms with Crippen molar-refractivity contribution in [2.24, 2.45) is 0 Å². The Kier molecular flexibility index (Phi) is 1.53. The molecule has 2 aliphatic heterocycles. The van der Waals surface area contributed by atoms with Gasteiger partial charge in [0.25, 0.3) is 0 Å². The van der Waals surface area contributed by atoms with E-state index in [0.717, 1.165) is 16.7 Å². The van der Waals surface area contributed by atoms with Gasteiger partial charge in [0.05, 0.1) is 11.8 Å². The smallest absolute Gasteiger partial charge is 0.230 e. The summed E-state index contributed by atoms with van der Waals surface area (Å²) in [7, 11) is 0. The Hall–Kier alpha value is 0.0400. The first-order valence-electron chi connectivity index (χ1n) is 3.06. The third kappa shape index (κ3) is 0.900. The lowest BCUT2D eigenvalue weighted by atomic mass is 10.2. The Morgan fingerprint density at radius 2 is 2.60 bits per heavy atom. The van der Waals surface area contributed by atoms with Crippen LogP contribution in [0.15, 0.2) is 10.7 Å². The molecule has 10 heavy (non-hydrogen) atoms. The van der Waals surface area contributed by atoms with Crippen molar-refractivity contribution < 1.29 is 4.79 Å². The zero-order valence-electron chi connectivity index (χ0n) is 5.21. The van der Waals surface area contributed by atoms with E-state index in [9.17, 15) is 4.79 Å². The highest BCUT2D eigenvalue weighted by atomic mass is 79.9. The first kappa shape index (κ1) is 6.73. The number of hydrogen-bond donors (Lipinski definition) is 0. The molecule has 1 fully saturated rings. The number of amides is 1.